The van der Waals surface area contributed by atoms with E-state index in [1.54, 1.807) is 6.92 Å². The molecule has 0 saturated carbocycles. The molecule has 16 heavy (non-hydrogen) atoms. The summed E-state index contributed by atoms with van der Waals surface area (Å²) in [6, 6.07) is 3.44. The van der Waals surface area contributed by atoms with Crippen molar-refractivity contribution in [3.8, 4) is 5.75 Å². The molecule has 1 rings (SSSR count). The van der Waals surface area contributed by atoms with E-state index in [0.717, 1.165) is 12.1 Å². The lowest BCUT2D eigenvalue weighted by atomic mass is 10.1. The van der Waals surface area contributed by atoms with E-state index in [1.807, 2.05) is 0 Å². The fourth-order valence-electron chi connectivity index (χ4n) is 1.09. The highest BCUT2D eigenvalue weighted by Crippen LogP contribution is 2.30. The maximum absolute atomic E-state index is 11.9. The van der Waals surface area contributed by atoms with Crippen molar-refractivity contribution in [3.63, 3.8) is 0 Å². The van der Waals surface area contributed by atoms with E-state index in [-0.39, 0.29) is 22.8 Å². The van der Waals surface area contributed by atoms with Crippen molar-refractivity contribution in [2.75, 3.05) is 0 Å². The quantitative estimate of drug-likeness (QED) is 0.764. The fourth-order valence-corrected chi connectivity index (χ4v) is 1.30. The molecule has 88 valence electrons. The Morgan fingerprint density at radius 2 is 2.06 bits per heavy atom. The molecule has 0 spiro atoms. The molecule has 0 saturated heterocycles. The number of carbonyl (C=O) groups excluding carboxylic acids is 1. The van der Waals surface area contributed by atoms with Crippen LogP contribution in [-0.4, -0.2) is 12.1 Å². The number of hydrogen-bond donors (Lipinski definition) is 0. The maximum Gasteiger partial charge on any atom is 0.573 e. The van der Waals surface area contributed by atoms with Crippen LogP contribution in [0, 0.1) is 0 Å². The van der Waals surface area contributed by atoms with Gasteiger partial charge in [0.1, 0.15) is 5.75 Å². The van der Waals surface area contributed by atoms with Crippen molar-refractivity contribution in [2.45, 2.75) is 19.7 Å². The van der Waals surface area contributed by atoms with Crippen LogP contribution in [-0.2, 0) is 0 Å². The zero-order valence-electron chi connectivity index (χ0n) is 8.27. The van der Waals surface area contributed by atoms with Crippen LogP contribution in [0.25, 0.3) is 0 Å². The standard InChI is InChI=1S/C10H8ClF3O2/c1-2-8(15)6-3-4-9(7(11)5-6)16-10(12,13)14/h3-5H,2H2,1H3. The second-order valence-corrected chi connectivity index (χ2v) is 3.38. The second kappa shape index (κ2) is 4.74. The van der Waals surface area contributed by atoms with E-state index in [1.165, 1.54) is 6.07 Å². The molecule has 0 aliphatic rings. The summed E-state index contributed by atoms with van der Waals surface area (Å²) in [6.07, 6.45) is -4.53. The topological polar surface area (TPSA) is 26.3 Å². The van der Waals surface area contributed by atoms with Crippen LogP contribution in [0.15, 0.2) is 18.2 Å². The Labute approximate surface area is 95.0 Å². The molecule has 0 amide bonds. The van der Waals surface area contributed by atoms with Gasteiger partial charge in [-0.1, -0.05) is 18.5 Å². The first-order valence-electron chi connectivity index (χ1n) is 4.42. The van der Waals surface area contributed by atoms with E-state index in [9.17, 15) is 18.0 Å². The zero-order chi connectivity index (χ0) is 12.3. The van der Waals surface area contributed by atoms with Gasteiger partial charge >= 0.3 is 6.36 Å². The molecular weight excluding hydrogens is 245 g/mol. The highest BCUT2D eigenvalue weighted by Gasteiger charge is 2.32. The van der Waals surface area contributed by atoms with Gasteiger partial charge in [-0.05, 0) is 18.2 Å². The van der Waals surface area contributed by atoms with Crippen LogP contribution in [0.2, 0.25) is 5.02 Å². The summed E-state index contributed by atoms with van der Waals surface area (Å²) in [6.45, 7) is 1.65. The van der Waals surface area contributed by atoms with Gasteiger partial charge in [-0.3, -0.25) is 4.79 Å². The molecule has 0 atom stereocenters. The van der Waals surface area contributed by atoms with Gasteiger partial charge in [0, 0.05) is 12.0 Å². The third-order valence-corrected chi connectivity index (χ3v) is 2.10. The Morgan fingerprint density at radius 1 is 1.44 bits per heavy atom. The van der Waals surface area contributed by atoms with Crippen LogP contribution in [0.1, 0.15) is 23.7 Å². The van der Waals surface area contributed by atoms with Crippen LogP contribution >= 0.6 is 11.6 Å². The largest absolute Gasteiger partial charge is 0.573 e. The summed E-state index contributed by atoms with van der Waals surface area (Å²) in [4.78, 5) is 11.2. The lowest BCUT2D eigenvalue weighted by molar-refractivity contribution is -0.274. The van der Waals surface area contributed by atoms with E-state index < -0.39 is 12.1 Å². The van der Waals surface area contributed by atoms with Gasteiger partial charge in [-0.2, -0.15) is 0 Å². The monoisotopic (exact) mass is 252 g/mol. The summed E-state index contributed by atoms with van der Waals surface area (Å²) in [5, 5.41) is -0.239. The van der Waals surface area contributed by atoms with Crippen molar-refractivity contribution in [1.82, 2.24) is 0 Å². The van der Waals surface area contributed by atoms with Gasteiger partial charge in [0.2, 0.25) is 0 Å². The van der Waals surface area contributed by atoms with Gasteiger partial charge in [0.05, 0.1) is 5.02 Å². The first kappa shape index (κ1) is 12.8. The minimum Gasteiger partial charge on any atom is -0.404 e. The minimum absolute atomic E-state index is 0.194. The molecule has 1 aromatic rings. The highest BCUT2D eigenvalue weighted by molar-refractivity contribution is 6.32. The number of Topliss-reactive ketones (excluding diaryl/α,β-unsaturated/α-hetero) is 1. The summed E-state index contributed by atoms with van der Waals surface area (Å²) in [5.74, 6) is -0.706. The van der Waals surface area contributed by atoms with Crippen molar-refractivity contribution < 1.29 is 22.7 Å². The van der Waals surface area contributed by atoms with Crippen LogP contribution in [0.3, 0.4) is 0 Å². The number of alkyl halides is 3. The number of halogens is 4. The molecule has 1 aromatic carbocycles. The predicted molar refractivity (Wildman–Crippen MR) is 52.8 cm³/mol. The summed E-state index contributed by atoms with van der Waals surface area (Å²) in [7, 11) is 0. The van der Waals surface area contributed by atoms with Crippen LogP contribution in [0.4, 0.5) is 13.2 Å². The number of benzene rings is 1. The Hall–Kier alpha value is -1.23. The predicted octanol–water partition coefficient (Wildman–Crippen LogP) is 3.83. The maximum atomic E-state index is 11.9. The normalized spacial score (nSPS) is 11.3. The first-order chi connectivity index (χ1) is 7.33. The molecule has 0 radical (unpaired) electrons. The van der Waals surface area contributed by atoms with Crippen molar-refractivity contribution in [1.29, 1.82) is 0 Å². The lowest BCUT2D eigenvalue weighted by Gasteiger charge is -2.10. The molecule has 0 aromatic heterocycles. The number of hydrogen-bond acceptors (Lipinski definition) is 2. The van der Waals surface area contributed by atoms with E-state index >= 15 is 0 Å². The van der Waals surface area contributed by atoms with E-state index in [0.29, 0.717) is 0 Å². The molecule has 0 unspecified atom stereocenters. The molecule has 0 N–H and O–H groups in total. The first-order valence-corrected chi connectivity index (χ1v) is 4.79. The minimum atomic E-state index is -4.79. The average Bonchev–Trinajstić information content (AvgIpc) is 2.18. The lowest BCUT2D eigenvalue weighted by Crippen LogP contribution is -2.17. The van der Waals surface area contributed by atoms with Crippen LogP contribution < -0.4 is 4.74 Å². The SMILES string of the molecule is CCC(=O)c1ccc(OC(F)(F)F)c(Cl)c1. The molecule has 0 aliphatic carbocycles. The van der Waals surface area contributed by atoms with E-state index in [4.69, 9.17) is 11.6 Å². The number of ether oxygens (including phenoxy) is 1. The summed E-state index contributed by atoms with van der Waals surface area (Å²) in [5.41, 5.74) is 0.266. The van der Waals surface area contributed by atoms with Gasteiger partial charge in [0.25, 0.3) is 0 Å². The van der Waals surface area contributed by atoms with Crippen molar-refractivity contribution in [3.05, 3.63) is 28.8 Å². The molecule has 0 fully saturated rings. The van der Waals surface area contributed by atoms with Gasteiger partial charge in [-0.25, -0.2) is 0 Å². The molecule has 0 aliphatic heterocycles. The van der Waals surface area contributed by atoms with Gasteiger partial charge in [-0.15, -0.1) is 13.2 Å². The number of carbonyl (C=O) groups is 1. The van der Waals surface area contributed by atoms with Crippen molar-refractivity contribution >= 4 is 17.4 Å². The molecular formula is C10H8ClF3O2. The molecule has 6 heteroatoms. The third kappa shape index (κ3) is 3.41. The number of rotatable bonds is 3. The summed E-state index contributed by atoms with van der Waals surface area (Å²) < 4.78 is 39.4. The second-order valence-electron chi connectivity index (χ2n) is 2.97. The molecule has 0 heterocycles. The Bertz CT molecular complexity index is 402. The van der Waals surface area contributed by atoms with Gasteiger partial charge < -0.3 is 4.74 Å². The Morgan fingerprint density at radius 3 is 2.50 bits per heavy atom. The average molecular weight is 253 g/mol. The third-order valence-electron chi connectivity index (χ3n) is 1.80. The fraction of sp³-hybridized carbons (Fsp3) is 0.300. The van der Waals surface area contributed by atoms with Crippen molar-refractivity contribution in [2.24, 2.45) is 0 Å². The molecule has 2 nitrogen and oxygen atoms in total. The van der Waals surface area contributed by atoms with Crippen LogP contribution in [0.5, 0.6) is 5.75 Å². The molecule has 0 bridgehead atoms. The Kier molecular flexibility index (Phi) is 3.80. The number of ketones is 1. The summed E-state index contributed by atoms with van der Waals surface area (Å²) >= 11 is 5.56. The van der Waals surface area contributed by atoms with Gasteiger partial charge in [0.15, 0.2) is 5.78 Å². The zero-order valence-corrected chi connectivity index (χ0v) is 9.02. The highest BCUT2D eigenvalue weighted by atomic mass is 35.5. The van der Waals surface area contributed by atoms with E-state index in [2.05, 4.69) is 4.74 Å². The smallest absolute Gasteiger partial charge is 0.404 e. The Balaban J connectivity index is 2.96.